The zero-order valence-electron chi connectivity index (χ0n) is 9.83. The molecule has 104 valence electrons. The highest BCUT2D eigenvalue weighted by atomic mass is 19.2. The van der Waals surface area contributed by atoms with Gasteiger partial charge in [-0.2, -0.15) is 4.39 Å². The van der Waals surface area contributed by atoms with Crippen molar-refractivity contribution in [2.75, 3.05) is 0 Å². The van der Waals surface area contributed by atoms with E-state index in [4.69, 9.17) is 5.11 Å². The number of pyridine rings is 1. The fourth-order valence-electron chi connectivity index (χ4n) is 1.69. The zero-order valence-corrected chi connectivity index (χ0v) is 9.83. The summed E-state index contributed by atoms with van der Waals surface area (Å²) in [7, 11) is 0. The molecular weight excluding hydrogens is 278 g/mol. The van der Waals surface area contributed by atoms with E-state index in [-0.39, 0.29) is 5.56 Å². The van der Waals surface area contributed by atoms with E-state index in [9.17, 15) is 22.4 Å². The number of benzene rings is 1. The van der Waals surface area contributed by atoms with E-state index >= 15 is 0 Å². The third kappa shape index (κ3) is 2.61. The van der Waals surface area contributed by atoms with Crippen molar-refractivity contribution in [3.8, 4) is 11.1 Å². The molecular formula is C13H7F4NO2. The Morgan fingerprint density at radius 3 is 2.20 bits per heavy atom. The Bertz CT molecular complexity index is 671. The summed E-state index contributed by atoms with van der Waals surface area (Å²) in [5.74, 6) is -6.51. The van der Waals surface area contributed by atoms with Crippen molar-refractivity contribution in [2.45, 2.75) is 6.42 Å². The van der Waals surface area contributed by atoms with Crippen LogP contribution in [0.15, 0.2) is 24.3 Å². The van der Waals surface area contributed by atoms with Gasteiger partial charge in [0, 0.05) is 0 Å². The Labute approximate surface area is 110 Å². The van der Waals surface area contributed by atoms with Crippen LogP contribution in [0.2, 0.25) is 0 Å². The Morgan fingerprint density at radius 2 is 1.65 bits per heavy atom. The lowest BCUT2D eigenvalue weighted by atomic mass is 10.0. The second-order valence-corrected chi connectivity index (χ2v) is 3.93. The Morgan fingerprint density at radius 1 is 1.05 bits per heavy atom. The number of carboxylic acid groups (broad SMARTS) is 1. The molecule has 0 amide bonds. The first kappa shape index (κ1) is 14.0. The van der Waals surface area contributed by atoms with Gasteiger partial charge in [-0.3, -0.25) is 4.79 Å². The van der Waals surface area contributed by atoms with E-state index in [0.717, 1.165) is 24.3 Å². The average molecular weight is 285 g/mol. The molecule has 0 saturated carbocycles. The molecule has 2 aromatic rings. The molecule has 0 aliphatic heterocycles. The van der Waals surface area contributed by atoms with E-state index in [0.29, 0.717) is 0 Å². The second kappa shape index (κ2) is 5.28. The van der Waals surface area contributed by atoms with Crippen LogP contribution in [0.3, 0.4) is 0 Å². The van der Waals surface area contributed by atoms with E-state index in [1.807, 2.05) is 0 Å². The first-order valence-corrected chi connectivity index (χ1v) is 5.41. The van der Waals surface area contributed by atoms with Gasteiger partial charge in [-0.15, -0.1) is 0 Å². The molecule has 3 nitrogen and oxygen atoms in total. The van der Waals surface area contributed by atoms with Gasteiger partial charge in [-0.1, -0.05) is 12.1 Å². The summed E-state index contributed by atoms with van der Waals surface area (Å²) in [6.45, 7) is 0. The molecule has 0 saturated heterocycles. The molecule has 0 bridgehead atoms. The van der Waals surface area contributed by atoms with Crippen molar-refractivity contribution >= 4 is 5.97 Å². The van der Waals surface area contributed by atoms with Gasteiger partial charge in [-0.25, -0.2) is 18.2 Å². The second-order valence-electron chi connectivity index (χ2n) is 3.93. The lowest BCUT2D eigenvalue weighted by Crippen LogP contribution is -2.10. The van der Waals surface area contributed by atoms with E-state index in [1.54, 1.807) is 0 Å². The summed E-state index contributed by atoms with van der Waals surface area (Å²) >= 11 is 0. The lowest BCUT2D eigenvalue weighted by molar-refractivity contribution is -0.136. The molecule has 1 aromatic heterocycles. The minimum absolute atomic E-state index is 0.116. The normalized spacial score (nSPS) is 10.6. The predicted molar refractivity (Wildman–Crippen MR) is 60.8 cm³/mol. The van der Waals surface area contributed by atoms with Crippen LogP contribution in [0.4, 0.5) is 17.6 Å². The molecule has 0 aliphatic rings. The molecule has 0 unspecified atom stereocenters. The summed E-state index contributed by atoms with van der Waals surface area (Å²) in [4.78, 5) is 13.5. The molecule has 1 aromatic carbocycles. The molecule has 0 aliphatic carbocycles. The number of hydrogen-bond acceptors (Lipinski definition) is 2. The fourth-order valence-corrected chi connectivity index (χ4v) is 1.69. The summed E-state index contributed by atoms with van der Waals surface area (Å²) in [5.41, 5.74) is -1.61. The smallest absolute Gasteiger partial charge is 0.309 e. The van der Waals surface area contributed by atoms with Crippen LogP contribution in [0.1, 0.15) is 5.69 Å². The summed E-state index contributed by atoms with van der Waals surface area (Å²) < 4.78 is 53.8. The van der Waals surface area contributed by atoms with Crippen LogP contribution >= 0.6 is 0 Å². The third-order valence-electron chi connectivity index (χ3n) is 2.56. The van der Waals surface area contributed by atoms with Crippen molar-refractivity contribution in [2.24, 2.45) is 0 Å². The van der Waals surface area contributed by atoms with Gasteiger partial charge < -0.3 is 5.11 Å². The number of halogens is 4. The highest BCUT2D eigenvalue weighted by molar-refractivity contribution is 5.72. The van der Waals surface area contributed by atoms with Crippen molar-refractivity contribution in [1.29, 1.82) is 0 Å². The highest BCUT2D eigenvalue weighted by Gasteiger charge is 2.22. The molecule has 7 heteroatoms. The Hall–Kier alpha value is -2.44. The number of nitrogens with zero attached hydrogens (tertiary/aromatic N) is 1. The van der Waals surface area contributed by atoms with Gasteiger partial charge >= 0.3 is 5.97 Å². The number of aromatic nitrogens is 1. The van der Waals surface area contributed by atoms with Gasteiger partial charge in [0.2, 0.25) is 5.95 Å². The molecule has 0 atom stereocenters. The topological polar surface area (TPSA) is 50.2 Å². The predicted octanol–water partition coefficient (Wildman–Crippen LogP) is 2.93. The Kier molecular flexibility index (Phi) is 3.69. The van der Waals surface area contributed by atoms with Crippen LogP contribution in [-0.2, 0) is 11.2 Å². The van der Waals surface area contributed by atoms with Crippen molar-refractivity contribution in [3.63, 3.8) is 0 Å². The van der Waals surface area contributed by atoms with Gasteiger partial charge in [0.15, 0.2) is 11.6 Å². The fraction of sp³-hybridized carbons (Fsp3) is 0.0769. The molecule has 0 spiro atoms. The first-order valence-electron chi connectivity index (χ1n) is 5.41. The van der Waals surface area contributed by atoms with E-state index in [2.05, 4.69) is 4.98 Å². The van der Waals surface area contributed by atoms with E-state index < -0.39 is 47.0 Å². The lowest BCUT2D eigenvalue weighted by Gasteiger charge is -2.09. The largest absolute Gasteiger partial charge is 0.481 e. The van der Waals surface area contributed by atoms with E-state index in [1.165, 1.54) is 0 Å². The summed E-state index contributed by atoms with van der Waals surface area (Å²) in [5, 5.41) is 8.58. The molecule has 0 radical (unpaired) electrons. The zero-order chi connectivity index (χ0) is 14.9. The number of rotatable bonds is 3. The van der Waals surface area contributed by atoms with Gasteiger partial charge in [-0.05, 0) is 17.7 Å². The van der Waals surface area contributed by atoms with Crippen molar-refractivity contribution in [1.82, 2.24) is 4.98 Å². The van der Waals surface area contributed by atoms with Gasteiger partial charge in [0.05, 0.1) is 17.7 Å². The van der Waals surface area contributed by atoms with Gasteiger partial charge in [0.1, 0.15) is 5.82 Å². The van der Waals surface area contributed by atoms with Crippen LogP contribution in [0, 0.1) is 23.4 Å². The van der Waals surface area contributed by atoms with Gasteiger partial charge in [0.25, 0.3) is 0 Å². The maximum atomic E-state index is 14.0. The molecule has 1 heterocycles. The van der Waals surface area contributed by atoms with Crippen LogP contribution in [0.25, 0.3) is 11.1 Å². The monoisotopic (exact) mass is 285 g/mol. The maximum Gasteiger partial charge on any atom is 0.309 e. The minimum Gasteiger partial charge on any atom is -0.481 e. The number of carbonyl (C=O) groups is 1. The Balaban J connectivity index is 2.64. The summed E-state index contributed by atoms with van der Waals surface area (Å²) in [6.07, 6.45) is -0.892. The molecule has 1 N–H and O–H groups in total. The minimum atomic E-state index is -1.61. The number of aliphatic carboxylic acids is 1. The molecule has 20 heavy (non-hydrogen) atoms. The summed E-state index contributed by atoms with van der Waals surface area (Å²) in [6, 6.07) is 4.01. The SMILES string of the molecule is O=C(O)Cc1nc(F)c(F)c(-c2ccc(F)cc2)c1F. The molecule has 0 fully saturated rings. The average Bonchev–Trinajstić information content (AvgIpc) is 2.38. The third-order valence-corrected chi connectivity index (χ3v) is 2.56. The number of hydrogen-bond donors (Lipinski definition) is 1. The molecule has 2 rings (SSSR count). The van der Waals surface area contributed by atoms with Crippen molar-refractivity contribution in [3.05, 3.63) is 53.4 Å². The maximum absolute atomic E-state index is 14.0. The quantitative estimate of drug-likeness (QED) is 0.696. The highest BCUT2D eigenvalue weighted by Crippen LogP contribution is 2.29. The van der Waals surface area contributed by atoms with Crippen LogP contribution < -0.4 is 0 Å². The standard InChI is InChI=1S/C13H7F4NO2/c14-7-3-1-6(2-4-7)10-11(15)8(5-9(19)20)18-13(17)12(10)16/h1-4H,5H2,(H,19,20). The van der Waals surface area contributed by atoms with Crippen LogP contribution in [-0.4, -0.2) is 16.1 Å². The first-order chi connectivity index (χ1) is 9.40. The van der Waals surface area contributed by atoms with Crippen molar-refractivity contribution < 1.29 is 27.5 Å². The van der Waals surface area contributed by atoms with Crippen LogP contribution in [0.5, 0.6) is 0 Å². The number of carboxylic acids is 1.